The number of ether oxygens (including phenoxy) is 3. The fraction of sp³-hybridized carbons (Fsp3) is 0.400. The highest BCUT2D eigenvalue weighted by Gasteiger charge is 2.22. The lowest BCUT2D eigenvalue weighted by Crippen LogP contribution is -2.38. The van der Waals surface area contributed by atoms with Gasteiger partial charge in [0.1, 0.15) is 12.4 Å². The highest BCUT2D eigenvalue weighted by molar-refractivity contribution is 5.94. The van der Waals surface area contributed by atoms with Crippen molar-refractivity contribution in [3.8, 4) is 17.2 Å². The number of hydrogen-bond acceptors (Lipinski definition) is 7. The minimum Gasteiger partial charge on any atom is -0.493 e. The Hall–Kier alpha value is -3.75. The molecule has 1 aliphatic rings. The Morgan fingerprint density at radius 1 is 1.12 bits per heavy atom. The molecule has 0 saturated carbocycles. The predicted molar refractivity (Wildman–Crippen MR) is 131 cm³/mol. The average Bonchev–Trinajstić information content (AvgIpc) is 2.84. The summed E-state index contributed by atoms with van der Waals surface area (Å²) in [6, 6.07) is 10.9. The summed E-state index contributed by atoms with van der Waals surface area (Å²) in [6.45, 7) is 3.76. The quantitative estimate of drug-likeness (QED) is 0.571. The van der Waals surface area contributed by atoms with Gasteiger partial charge >= 0.3 is 5.69 Å². The number of rotatable bonds is 7. The maximum Gasteiger partial charge on any atom is 0.350 e. The maximum absolute atomic E-state index is 13.0. The summed E-state index contributed by atoms with van der Waals surface area (Å²) in [4.78, 5) is 32.6. The number of para-hydroxylation sites is 1. The lowest BCUT2D eigenvalue weighted by Gasteiger charge is -2.32. The number of piperidine rings is 1. The van der Waals surface area contributed by atoms with Gasteiger partial charge < -0.3 is 24.4 Å². The highest BCUT2D eigenvalue weighted by atomic mass is 16.5. The molecule has 1 amide bonds. The molecule has 9 nitrogen and oxygen atoms in total. The number of nitrogens with one attached hydrogen (secondary N) is 1. The Labute approximate surface area is 198 Å². The van der Waals surface area contributed by atoms with Gasteiger partial charge in [-0.15, -0.1) is 0 Å². The number of nitrogens with zero attached hydrogens (tertiary/aromatic N) is 3. The second-order valence-electron chi connectivity index (χ2n) is 8.48. The van der Waals surface area contributed by atoms with E-state index in [9.17, 15) is 9.59 Å². The standard InChI is InChI=1S/C25H30N4O5/c1-16-8-7-11-28(14-16)24-18-9-5-6-10-19(18)29(25(31)27-24)15-22(30)26-17-12-20(32-2)23(34-4)21(13-17)33-3/h5-6,9-10,12-13,16H,7-8,11,14-15H2,1-4H3,(H,26,30). The van der Waals surface area contributed by atoms with Crippen molar-refractivity contribution >= 4 is 28.3 Å². The summed E-state index contributed by atoms with van der Waals surface area (Å²) in [5, 5.41) is 3.67. The Bertz CT molecular complexity index is 1230. The molecule has 1 aliphatic heterocycles. The number of carbonyl (C=O) groups excluding carboxylic acids is 1. The molecule has 1 fully saturated rings. The molecule has 1 N–H and O–H groups in total. The molecule has 0 spiro atoms. The first-order valence-electron chi connectivity index (χ1n) is 11.3. The van der Waals surface area contributed by atoms with E-state index >= 15 is 0 Å². The first-order valence-corrected chi connectivity index (χ1v) is 11.3. The number of anilines is 2. The summed E-state index contributed by atoms with van der Waals surface area (Å²) in [6.07, 6.45) is 2.24. The third kappa shape index (κ3) is 4.64. The fourth-order valence-corrected chi connectivity index (χ4v) is 4.49. The molecule has 34 heavy (non-hydrogen) atoms. The van der Waals surface area contributed by atoms with Crippen LogP contribution in [0.3, 0.4) is 0 Å². The van der Waals surface area contributed by atoms with Crippen molar-refractivity contribution in [1.29, 1.82) is 0 Å². The van der Waals surface area contributed by atoms with Crippen molar-refractivity contribution in [1.82, 2.24) is 9.55 Å². The molecular weight excluding hydrogens is 436 g/mol. The summed E-state index contributed by atoms with van der Waals surface area (Å²) >= 11 is 0. The summed E-state index contributed by atoms with van der Waals surface area (Å²) < 4.78 is 17.4. The molecule has 180 valence electrons. The van der Waals surface area contributed by atoms with Gasteiger partial charge in [0.05, 0.1) is 26.8 Å². The van der Waals surface area contributed by atoms with Crippen LogP contribution >= 0.6 is 0 Å². The van der Waals surface area contributed by atoms with Gasteiger partial charge in [-0.05, 0) is 30.9 Å². The Morgan fingerprint density at radius 3 is 2.47 bits per heavy atom. The number of methoxy groups -OCH3 is 3. The molecule has 1 atom stereocenters. The zero-order chi connectivity index (χ0) is 24.2. The Morgan fingerprint density at radius 2 is 1.82 bits per heavy atom. The molecule has 1 saturated heterocycles. The third-order valence-corrected chi connectivity index (χ3v) is 6.07. The molecule has 1 aromatic heterocycles. The minimum atomic E-state index is -0.452. The summed E-state index contributed by atoms with van der Waals surface area (Å²) in [7, 11) is 4.52. The van der Waals surface area contributed by atoms with E-state index in [4.69, 9.17) is 14.2 Å². The summed E-state index contributed by atoms with van der Waals surface area (Å²) in [5.41, 5.74) is 0.687. The number of fused-ring (bicyclic) bond motifs is 1. The van der Waals surface area contributed by atoms with Crippen LogP contribution in [-0.4, -0.2) is 49.9 Å². The molecule has 1 unspecified atom stereocenters. The second-order valence-corrected chi connectivity index (χ2v) is 8.48. The Balaban J connectivity index is 1.64. The van der Waals surface area contributed by atoms with Crippen LogP contribution in [0.25, 0.3) is 10.9 Å². The van der Waals surface area contributed by atoms with E-state index in [2.05, 4.69) is 22.1 Å². The molecule has 3 aromatic rings. The minimum absolute atomic E-state index is 0.181. The van der Waals surface area contributed by atoms with Gasteiger partial charge in [0.25, 0.3) is 0 Å². The number of carbonyl (C=O) groups is 1. The fourth-order valence-electron chi connectivity index (χ4n) is 4.49. The first kappa shape index (κ1) is 23.4. The van der Waals surface area contributed by atoms with Crippen LogP contribution in [0.2, 0.25) is 0 Å². The van der Waals surface area contributed by atoms with E-state index in [1.54, 1.807) is 12.1 Å². The molecule has 9 heteroatoms. The number of benzene rings is 2. The van der Waals surface area contributed by atoms with Gasteiger partial charge in [-0.1, -0.05) is 19.1 Å². The SMILES string of the molecule is COc1cc(NC(=O)Cn2c(=O)nc(N3CCCC(C)C3)c3ccccc32)cc(OC)c1OC. The molecular formula is C25H30N4O5. The van der Waals surface area contributed by atoms with Crippen molar-refractivity contribution in [2.45, 2.75) is 26.3 Å². The van der Waals surface area contributed by atoms with Crippen molar-refractivity contribution < 1.29 is 19.0 Å². The van der Waals surface area contributed by atoms with Gasteiger partial charge in [-0.25, -0.2) is 4.79 Å². The zero-order valence-corrected chi connectivity index (χ0v) is 20.0. The molecule has 0 aliphatic carbocycles. The predicted octanol–water partition coefficient (Wildman–Crippen LogP) is 3.30. The smallest absolute Gasteiger partial charge is 0.350 e. The van der Waals surface area contributed by atoms with Crippen molar-refractivity contribution in [3.05, 3.63) is 46.9 Å². The number of aromatic nitrogens is 2. The van der Waals surface area contributed by atoms with Gasteiger partial charge in [-0.2, -0.15) is 4.98 Å². The first-order chi connectivity index (χ1) is 16.4. The van der Waals surface area contributed by atoms with E-state index in [1.165, 1.54) is 32.3 Å². The largest absolute Gasteiger partial charge is 0.493 e. The van der Waals surface area contributed by atoms with Crippen LogP contribution in [-0.2, 0) is 11.3 Å². The van der Waals surface area contributed by atoms with Crippen LogP contribution in [0.1, 0.15) is 19.8 Å². The maximum atomic E-state index is 13.0. The molecule has 0 bridgehead atoms. The average molecular weight is 467 g/mol. The van der Waals surface area contributed by atoms with Crippen molar-refractivity contribution in [2.24, 2.45) is 5.92 Å². The second kappa shape index (κ2) is 10.0. The van der Waals surface area contributed by atoms with Gasteiger partial charge in [0.15, 0.2) is 11.5 Å². The monoisotopic (exact) mass is 466 g/mol. The van der Waals surface area contributed by atoms with Gasteiger partial charge in [0, 0.05) is 36.3 Å². The topological polar surface area (TPSA) is 94.9 Å². The van der Waals surface area contributed by atoms with E-state index in [0.29, 0.717) is 40.2 Å². The lowest BCUT2D eigenvalue weighted by atomic mass is 10.00. The van der Waals surface area contributed by atoms with E-state index in [1.807, 2.05) is 24.3 Å². The van der Waals surface area contributed by atoms with Gasteiger partial charge in [-0.3, -0.25) is 9.36 Å². The molecule has 2 aromatic carbocycles. The van der Waals surface area contributed by atoms with E-state index < -0.39 is 5.69 Å². The van der Waals surface area contributed by atoms with Crippen LogP contribution < -0.4 is 30.1 Å². The van der Waals surface area contributed by atoms with Crippen molar-refractivity contribution in [2.75, 3.05) is 44.6 Å². The Kier molecular flexibility index (Phi) is 6.90. The van der Waals surface area contributed by atoms with Crippen LogP contribution in [0.5, 0.6) is 17.2 Å². The molecule has 0 radical (unpaired) electrons. The van der Waals surface area contributed by atoms with Gasteiger partial charge in [0.2, 0.25) is 11.7 Å². The third-order valence-electron chi connectivity index (χ3n) is 6.07. The van der Waals surface area contributed by atoms with Crippen LogP contribution in [0.4, 0.5) is 11.5 Å². The highest BCUT2D eigenvalue weighted by Crippen LogP contribution is 2.40. The van der Waals surface area contributed by atoms with E-state index in [0.717, 1.165) is 24.9 Å². The van der Waals surface area contributed by atoms with Crippen molar-refractivity contribution in [3.63, 3.8) is 0 Å². The number of hydrogen-bond donors (Lipinski definition) is 1. The van der Waals surface area contributed by atoms with E-state index in [-0.39, 0.29) is 12.5 Å². The molecule has 2 heterocycles. The summed E-state index contributed by atoms with van der Waals surface area (Å²) in [5.74, 6) is 2.12. The van der Waals surface area contributed by atoms with Crippen LogP contribution in [0, 0.1) is 5.92 Å². The zero-order valence-electron chi connectivity index (χ0n) is 20.0. The van der Waals surface area contributed by atoms with Crippen LogP contribution in [0.15, 0.2) is 41.2 Å². The normalized spacial score (nSPS) is 15.8. The molecule has 4 rings (SSSR count). The number of amides is 1. The lowest BCUT2D eigenvalue weighted by molar-refractivity contribution is -0.116.